The Balaban J connectivity index is 1.80. The van der Waals surface area contributed by atoms with Gasteiger partial charge in [0.25, 0.3) is 5.56 Å². The van der Waals surface area contributed by atoms with E-state index in [0.29, 0.717) is 6.07 Å². The Morgan fingerprint density at radius 3 is 2.32 bits per heavy atom. The SMILES string of the molecule is O=c1cc(C(F)(F)F)nc(SCc2nnnn2-c2ccc(C(F)(F)F)cc2)[nH]1. The van der Waals surface area contributed by atoms with Crippen LogP contribution >= 0.6 is 11.8 Å². The first-order valence-electron chi connectivity index (χ1n) is 7.30. The largest absolute Gasteiger partial charge is 0.433 e. The highest BCUT2D eigenvalue weighted by Crippen LogP contribution is 2.30. The lowest BCUT2D eigenvalue weighted by atomic mass is 10.2. The highest BCUT2D eigenvalue weighted by molar-refractivity contribution is 7.98. The Morgan fingerprint density at radius 1 is 1.04 bits per heavy atom. The zero-order chi connectivity index (χ0) is 20.5. The average molecular weight is 422 g/mol. The number of alkyl halides is 6. The van der Waals surface area contributed by atoms with Crippen molar-refractivity contribution in [3.8, 4) is 5.69 Å². The van der Waals surface area contributed by atoms with Crippen molar-refractivity contribution in [3.63, 3.8) is 0 Å². The van der Waals surface area contributed by atoms with E-state index >= 15 is 0 Å². The van der Waals surface area contributed by atoms with Crippen molar-refractivity contribution in [3.05, 3.63) is 57.8 Å². The number of benzene rings is 1. The van der Waals surface area contributed by atoms with Gasteiger partial charge in [0.1, 0.15) is 0 Å². The Bertz CT molecular complexity index is 1030. The maximum atomic E-state index is 12.7. The van der Waals surface area contributed by atoms with Crippen molar-refractivity contribution >= 4 is 11.8 Å². The minimum atomic E-state index is -4.79. The molecule has 0 radical (unpaired) electrons. The van der Waals surface area contributed by atoms with Gasteiger partial charge in [-0.3, -0.25) is 4.79 Å². The number of nitrogens with one attached hydrogen (secondary N) is 1. The zero-order valence-electron chi connectivity index (χ0n) is 13.4. The van der Waals surface area contributed by atoms with Crippen molar-refractivity contribution in [1.29, 1.82) is 0 Å². The van der Waals surface area contributed by atoms with Crippen molar-refractivity contribution < 1.29 is 26.3 Å². The summed E-state index contributed by atoms with van der Waals surface area (Å²) in [5.74, 6) is 0.0305. The van der Waals surface area contributed by atoms with Gasteiger partial charge < -0.3 is 4.98 Å². The lowest BCUT2D eigenvalue weighted by molar-refractivity contribution is -0.141. The molecule has 2 aromatic heterocycles. The van der Waals surface area contributed by atoms with Crippen LogP contribution in [-0.4, -0.2) is 30.2 Å². The number of halogens is 6. The molecule has 0 amide bonds. The fourth-order valence-electron chi connectivity index (χ4n) is 2.07. The van der Waals surface area contributed by atoms with Crippen LogP contribution in [0.15, 0.2) is 40.3 Å². The molecule has 1 N–H and O–H groups in total. The fourth-order valence-corrected chi connectivity index (χ4v) is 2.85. The van der Waals surface area contributed by atoms with Gasteiger partial charge >= 0.3 is 12.4 Å². The molecule has 0 saturated carbocycles. The molecule has 0 atom stereocenters. The van der Waals surface area contributed by atoms with Gasteiger partial charge in [-0.2, -0.15) is 31.0 Å². The van der Waals surface area contributed by atoms with Crippen LogP contribution in [0.5, 0.6) is 0 Å². The molecule has 0 spiro atoms. The second kappa shape index (κ2) is 7.26. The minimum Gasteiger partial charge on any atom is -0.301 e. The molecule has 3 aromatic rings. The predicted molar refractivity (Wildman–Crippen MR) is 83.6 cm³/mol. The summed E-state index contributed by atoms with van der Waals surface area (Å²) in [6, 6.07) is 4.32. The molecule has 14 heteroatoms. The summed E-state index contributed by atoms with van der Waals surface area (Å²) in [5, 5.41) is 10.5. The zero-order valence-corrected chi connectivity index (χ0v) is 14.2. The van der Waals surface area contributed by atoms with E-state index in [1.54, 1.807) is 0 Å². The summed E-state index contributed by atoms with van der Waals surface area (Å²) < 4.78 is 77.2. The van der Waals surface area contributed by atoms with Crippen LogP contribution < -0.4 is 5.56 Å². The molecule has 1 aromatic carbocycles. The molecular weight excluding hydrogens is 414 g/mol. The van der Waals surface area contributed by atoms with Gasteiger partial charge in [0.15, 0.2) is 16.7 Å². The number of rotatable bonds is 4. The van der Waals surface area contributed by atoms with Gasteiger partial charge in [0, 0.05) is 6.07 Å². The maximum absolute atomic E-state index is 12.7. The molecule has 28 heavy (non-hydrogen) atoms. The summed E-state index contributed by atoms with van der Waals surface area (Å²) in [4.78, 5) is 16.9. The van der Waals surface area contributed by atoms with Gasteiger partial charge in [-0.25, -0.2) is 4.98 Å². The van der Waals surface area contributed by atoms with Crippen molar-refractivity contribution in [2.75, 3.05) is 0 Å². The Kier molecular flexibility index (Phi) is 5.14. The standard InChI is InChI=1S/C14H8F6N6OS/c15-13(16,17)7-1-3-8(4-2-7)26-10(23-24-25-26)6-28-12-21-9(14(18,19)20)5-11(27)22-12/h1-5H,6H2,(H,21,22,27). The molecule has 7 nitrogen and oxygen atoms in total. The lowest BCUT2D eigenvalue weighted by Crippen LogP contribution is -2.16. The fraction of sp³-hybridized carbons (Fsp3) is 0.214. The summed E-state index contributed by atoms with van der Waals surface area (Å²) >= 11 is 0.729. The Morgan fingerprint density at radius 2 is 1.71 bits per heavy atom. The molecule has 0 aliphatic heterocycles. The summed E-state index contributed by atoms with van der Waals surface area (Å²) in [7, 11) is 0. The number of aromatic amines is 1. The summed E-state index contributed by atoms with van der Waals surface area (Å²) in [5.41, 5.74) is -2.96. The highest BCUT2D eigenvalue weighted by Gasteiger charge is 2.33. The summed E-state index contributed by atoms with van der Waals surface area (Å²) in [6.07, 6.45) is -9.29. The van der Waals surface area contributed by atoms with Crippen LogP contribution in [0.25, 0.3) is 5.69 Å². The van der Waals surface area contributed by atoms with Crippen LogP contribution in [0.4, 0.5) is 26.3 Å². The Labute approximate surface area is 155 Å². The van der Waals surface area contributed by atoms with Crippen LogP contribution in [0.3, 0.4) is 0 Å². The van der Waals surface area contributed by atoms with Crippen molar-refractivity contribution in [2.24, 2.45) is 0 Å². The van der Waals surface area contributed by atoms with Gasteiger partial charge in [-0.15, -0.1) is 5.10 Å². The molecule has 0 saturated heterocycles. The van der Waals surface area contributed by atoms with Crippen LogP contribution in [0.1, 0.15) is 17.1 Å². The second-order valence-electron chi connectivity index (χ2n) is 5.27. The quantitative estimate of drug-likeness (QED) is 0.395. The third kappa shape index (κ3) is 4.49. The number of hydrogen-bond acceptors (Lipinski definition) is 6. The van der Waals surface area contributed by atoms with E-state index in [2.05, 4.69) is 25.5 Å². The molecule has 3 rings (SSSR count). The maximum Gasteiger partial charge on any atom is 0.433 e. The molecule has 2 heterocycles. The smallest absolute Gasteiger partial charge is 0.301 e. The molecular formula is C14H8F6N6OS. The minimum absolute atomic E-state index is 0.0989. The van der Waals surface area contributed by atoms with Crippen molar-refractivity contribution in [2.45, 2.75) is 23.3 Å². The monoisotopic (exact) mass is 422 g/mol. The van der Waals surface area contributed by atoms with Crippen LogP contribution in [0, 0.1) is 0 Å². The van der Waals surface area contributed by atoms with E-state index in [9.17, 15) is 31.1 Å². The third-order valence-corrected chi connectivity index (χ3v) is 4.19. The van der Waals surface area contributed by atoms with E-state index < -0.39 is 29.2 Å². The first-order chi connectivity index (χ1) is 13.0. The molecule has 0 fully saturated rings. The van der Waals surface area contributed by atoms with Gasteiger partial charge in [0.05, 0.1) is 17.0 Å². The average Bonchev–Trinajstić information content (AvgIpc) is 3.06. The molecule has 0 bridgehead atoms. The van der Waals surface area contributed by atoms with Gasteiger partial charge in [0.2, 0.25) is 0 Å². The normalized spacial score (nSPS) is 12.4. The predicted octanol–water partition coefficient (Wildman–Crippen LogP) is 3.08. The molecule has 0 unspecified atom stereocenters. The number of thioether (sulfide) groups is 1. The van der Waals surface area contributed by atoms with E-state index in [4.69, 9.17) is 0 Å². The molecule has 0 aliphatic rings. The topological polar surface area (TPSA) is 89.3 Å². The van der Waals surface area contributed by atoms with Crippen LogP contribution in [-0.2, 0) is 18.1 Å². The number of aromatic nitrogens is 6. The van der Waals surface area contributed by atoms with E-state index in [-0.39, 0.29) is 22.4 Å². The summed E-state index contributed by atoms with van der Waals surface area (Å²) in [6.45, 7) is 0. The third-order valence-electron chi connectivity index (χ3n) is 3.32. The van der Waals surface area contributed by atoms with E-state index in [1.165, 1.54) is 0 Å². The number of nitrogens with zero attached hydrogens (tertiary/aromatic N) is 5. The van der Waals surface area contributed by atoms with E-state index in [1.807, 2.05) is 0 Å². The highest BCUT2D eigenvalue weighted by atomic mass is 32.2. The van der Waals surface area contributed by atoms with Crippen molar-refractivity contribution in [1.82, 2.24) is 30.2 Å². The van der Waals surface area contributed by atoms with E-state index in [0.717, 1.165) is 40.7 Å². The van der Waals surface area contributed by atoms with Gasteiger partial charge in [-0.1, -0.05) is 11.8 Å². The first kappa shape index (κ1) is 19.9. The first-order valence-corrected chi connectivity index (χ1v) is 8.29. The molecule has 0 aliphatic carbocycles. The Hall–Kier alpha value is -2.90. The lowest BCUT2D eigenvalue weighted by Gasteiger charge is -2.09. The van der Waals surface area contributed by atoms with Gasteiger partial charge in [-0.05, 0) is 34.7 Å². The number of H-pyrrole nitrogens is 1. The number of hydrogen-bond donors (Lipinski definition) is 1. The molecule has 148 valence electrons. The van der Waals surface area contributed by atoms with Crippen LogP contribution in [0.2, 0.25) is 0 Å². The second-order valence-corrected chi connectivity index (χ2v) is 6.24. The number of tetrazole rings is 1.